The van der Waals surface area contributed by atoms with E-state index in [1.165, 1.54) is 4.90 Å². The monoisotopic (exact) mass is 444 g/mol. The summed E-state index contributed by atoms with van der Waals surface area (Å²) in [7, 11) is 0. The molecule has 0 radical (unpaired) electrons. The van der Waals surface area contributed by atoms with Crippen molar-refractivity contribution in [2.75, 3.05) is 18.1 Å². The number of rotatable bonds is 7. The number of para-hydroxylation sites is 1. The second kappa shape index (κ2) is 10.4. The van der Waals surface area contributed by atoms with E-state index in [0.29, 0.717) is 6.54 Å². The van der Waals surface area contributed by atoms with Crippen molar-refractivity contribution in [3.8, 4) is 0 Å². The van der Waals surface area contributed by atoms with Gasteiger partial charge in [-0.2, -0.15) is 0 Å². The van der Waals surface area contributed by atoms with Crippen molar-refractivity contribution in [2.24, 2.45) is 0 Å². The Morgan fingerprint density at radius 1 is 0.970 bits per heavy atom. The molecule has 0 aliphatic carbocycles. The molecule has 1 aliphatic heterocycles. The average Bonchev–Trinajstić information content (AvgIpc) is 2.98. The average molecular weight is 445 g/mol. The molecule has 1 aliphatic rings. The standard InChI is InChI=1S/C27H28N2O4/c1-2-24(31)28(17-18-30)27-26(32)29(19-20-11-5-3-6-12-20)23-16-10-9-15-22(23)25(33-27)21-13-7-4-8-14-21/h3-16,25,27,30H,2,17-19H2,1H3/t25-,27+/m0/s1. The van der Waals surface area contributed by atoms with Gasteiger partial charge in [-0.25, -0.2) is 0 Å². The number of aliphatic hydroxyl groups is 1. The van der Waals surface area contributed by atoms with Crippen LogP contribution in [0.2, 0.25) is 0 Å². The molecule has 0 spiro atoms. The number of benzene rings is 3. The largest absolute Gasteiger partial charge is 0.395 e. The summed E-state index contributed by atoms with van der Waals surface area (Å²) < 4.78 is 6.44. The van der Waals surface area contributed by atoms with Crippen LogP contribution in [-0.4, -0.2) is 41.2 Å². The molecular weight excluding hydrogens is 416 g/mol. The predicted octanol–water partition coefficient (Wildman–Crippen LogP) is 3.90. The van der Waals surface area contributed by atoms with Crippen LogP contribution < -0.4 is 4.90 Å². The van der Waals surface area contributed by atoms with E-state index in [1.54, 1.807) is 11.8 Å². The van der Waals surface area contributed by atoms with Crippen LogP contribution in [0.15, 0.2) is 84.9 Å². The van der Waals surface area contributed by atoms with Crippen LogP contribution in [0.5, 0.6) is 0 Å². The second-order valence-electron chi connectivity index (χ2n) is 7.91. The molecule has 4 rings (SSSR count). The number of hydrogen-bond donors (Lipinski definition) is 1. The third kappa shape index (κ3) is 4.82. The highest BCUT2D eigenvalue weighted by Crippen LogP contribution is 2.39. The Bertz CT molecular complexity index is 1090. The van der Waals surface area contributed by atoms with Crippen LogP contribution in [0.1, 0.15) is 36.1 Å². The van der Waals surface area contributed by atoms with Gasteiger partial charge in [-0.1, -0.05) is 85.8 Å². The van der Waals surface area contributed by atoms with E-state index >= 15 is 0 Å². The van der Waals surface area contributed by atoms with Crippen LogP contribution in [0.25, 0.3) is 0 Å². The van der Waals surface area contributed by atoms with Crippen molar-refractivity contribution in [1.82, 2.24) is 4.90 Å². The molecule has 6 nitrogen and oxygen atoms in total. The number of anilines is 1. The summed E-state index contributed by atoms with van der Waals surface area (Å²) in [6, 6.07) is 27.1. The van der Waals surface area contributed by atoms with Gasteiger partial charge in [0.05, 0.1) is 18.8 Å². The minimum absolute atomic E-state index is 0.0140. The molecule has 1 N–H and O–H groups in total. The lowest BCUT2D eigenvalue weighted by atomic mass is 9.99. The summed E-state index contributed by atoms with van der Waals surface area (Å²) >= 11 is 0. The third-order valence-electron chi connectivity index (χ3n) is 5.78. The van der Waals surface area contributed by atoms with Crippen molar-refractivity contribution in [1.29, 1.82) is 0 Å². The molecule has 3 aromatic rings. The fourth-order valence-corrected chi connectivity index (χ4v) is 4.17. The Labute approximate surface area is 194 Å². The topological polar surface area (TPSA) is 70.1 Å². The van der Waals surface area contributed by atoms with E-state index in [1.807, 2.05) is 84.9 Å². The van der Waals surface area contributed by atoms with Crippen molar-refractivity contribution < 1.29 is 19.4 Å². The quantitative estimate of drug-likeness (QED) is 0.600. The molecule has 33 heavy (non-hydrogen) atoms. The highest BCUT2D eigenvalue weighted by atomic mass is 16.5. The Kier molecular flexibility index (Phi) is 7.17. The van der Waals surface area contributed by atoms with Gasteiger partial charge >= 0.3 is 0 Å². The molecule has 0 fully saturated rings. The minimum atomic E-state index is -1.16. The first-order valence-electron chi connectivity index (χ1n) is 11.2. The van der Waals surface area contributed by atoms with E-state index in [9.17, 15) is 14.7 Å². The zero-order chi connectivity index (χ0) is 23.2. The molecular formula is C27H28N2O4. The fraction of sp³-hybridized carbons (Fsp3) is 0.259. The maximum absolute atomic E-state index is 14.0. The van der Waals surface area contributed by atoms with Gasteiger partial charge in [-0.15, -0.1) is 0 Å². The Hall–Kier alpha value is -3.48. The maximum atomic E-state index is 14.0. The molecule has 3 aromatic carbocycles. The molecule has 0 aromatic heterocycles. The lowest BCUT2D eigenvalue weighted by molar-refractivity contribution is -0.162. The van der Waals surface area contributed by atoms with Crippen LogP contribution in [0, 0.1) is 0 Å². The number of fused-ring (bicyclic) bond motifs is 1. The number of ether oxygens (including phenoxy) is 1. The highest BCUT2D eigenvalue weighted by molar-refractivity contribution is 5.99. The summed E-state index contributed by atoms with van der Waals surface area (Å²) in [6.45, 7) is 1.82. The van der Waals surface area contributed by atoms with Gasteiger partial charge in [-0.05, 0) is 17.2 Å². The lowest BCUT2D eigenvalue weighted by Gasteiger charge is -2.33. The van der Waals surface area contributed by atoms with E-state index < -0.39 is 12.3 Å². The number of hydrogen-bond acceptors (Lipinski definition) is 4. The normalized spacial score (nSPS) is 17.9. The van der Waals surface area contributed by atoms with Gasteiger partial charge in [0, 0.05) is 18.5 Å². The molecule has 0 saturated heterocycles. The Balaban J connectivity index is 1.86. The Morgan fingerprint density at radius 3 is 2.27 bits per heavy atom. The van der Waals surface area contributed by atoms with Gasteiger partial charge in [0.15, 0.2) is 0 Å². The SMILES string of the molecule is CCC(=O)N(CCO)[C@@H]1O[C@@H](c2ccccc2)c2ccccc2N(Cc2ccccc2)C1=O. The summed E-state index contributed by atoms with van der Waals surface area (Å²) in [5.41, 5.74) is 3.45. The molecule has 0 unspecified atom stereocenters. The van der Waals surface area contributed by atoms with E-state index in [0.717, 1.165) is 22.4 Å². The van der Waals surface area contributed by atoms with Gasteiger partial charge in [-0.3, -0.25) is 9.59 Å². The number of carbonyl (C=O) groups excluding carboxylic acids is 2. The van der Waals surface area contributed by atoms with Crippen LogP contribution in [0.4, 0.5) is 5.69 Å². The van der Waals surface area contributed by atoms with Crippen LogP contribution >= 0.6 is 0 Å². The first-order valence-corrected chi connectivity index (χ1v) is 11.2. The van der Waals surface area contributed by atoms with E-state index in [4.69, 9.17) is 4.74 Å². The molecule has 0 saturated carbocycles. The van der Waals surface area contributed by atoms with Crippen molar-refractivity contribution >= 4 is 17.5 Å². The predicted molar refractivity (Wildman–Crippen MR) is 126 cm³/mol. The zero-order valence-electron chi connectivity index (χ0n) is 18.6. The molecule has 2 amide bonds. The van der Waals surface area contributed by atoms with E-state index in [2.05, 4.69) is 0 Å². The van der Waals surface area contributed by atoms with Gasteiger partial charge < -0.3 is 19.6 Å². The Morgan fingerprint density at radius 2 is 1.61 bits per heavy atom. The molecule has 6 heteroatoms. The summed E-state index contributed by atoms with van der Waals surface area (Å²) in [5.74, 6) is -0.584. The summed E-state index contributed by atoms with van der Waals surface area (Å²) in [5, 5.41) is 9.65. The van der Waals surface area contributed by atoms with Crippen LogP contribution in [-0.2, 0) is 20.9 Å². The lowest BCUT2D eigenvalue weighted by Crippen LogP contribution is -2.52. The van der Waals surface area contributed by atoms with Gasteiger partial charge in [0.25, 0.3) is 5.91 Å². The summed E-state index contributed by atoms with van der Waals surface area (Å²) in [6.07, 6.45) is -1.51. The fourth-order valence-electron chi connectivity index (χ4n) is 4.17. The van der Waals surface area contributed by atoms with E-state index in [-0.39, 0.29) is 31.4 Å². The van der Waals surface area contributed by atoms with Crippen molar-refractivity contribution in [3.05, 3.63) is 102 Å². The van der Waals surface area contributed by atoms with Crippen LogP contribution in [0.3, 0.4) is 0 Å². The maximum Gasteiger partial charge on any atom is 0.277 e. The molecule has 1 heterocycles. The number of amides is 2. The minimum Gasteiger partial charge on any atom is -0.395 e. The molecule has 0 bridgehead atoms. The third-order valence-corrected chi connectivity index (χ3v) is 5.78. The highest BCUT2D eigenvalue weighted by Gasteiger charge is 2.40. The number of carbonyl (C=O) groups is 2. The first kappa shape index (κ1) is 22.7. The number of aliphatic hydroxyl groups excluding tert-OH is 1. The van der Waals surface area contributed by atoms with Gasteiger partial charge in [0.2, 0.25) is 12.1 Å². The molecule has 170 valence electrons. The van der Waals surface area contributed by atoms with Crippen molar-refractivity contribution in [3.63, 3.8) is 0 Å². The number of nitrogens with zero attached hydrogens (tertiary/aromatic N) is 2. The molecule has 2 atom stereocenters. The second-order valence-corrected chi connectivity index (χ2v) is 7.91. The smallest absolute Gasteiger partial charge is 0.277 e. The zero-order valence-corrected chi connectivity index (χ0v) is 18.6. The van der Waals surface area contributed by atoms with Crippen molar-refractivity contribution in [2.45, 2.75) is 32.2 Å². The summed E-state index contributed by atoms with van der Waals surface area (Å²) in [4.78, 5) is 29.8. The first-order chi connectivity index (χ1) is 16.1. The van der Waals surface area contributed by atoms with Gasteiger partial charge in [0.1, 0.15) is 6.10 Å².